The van der Waals surface area contributed by atoms with E-state index in [-0.39, 0.29) is 16.7 Å². The van der Waals surface area contributed by atoms with Crippen LogP contribution in [0.5, 0.6) is 0 Å². The Morgan fingerprint density at radius 3 is 2.58 bits per heavy atom. The van der Waals surface area contributed by atoms with Gasteiger partial charge < -0.3 is 11.1 Å². The minimum absolute atomic E-state index is 0.0677. The van der Waals surface area contributed by atoms with Gasteiger partial charge >= 0.3 is 0 Å². The zero-order valence-corrected chi connectivity index (χ0v) is 12.2. The predicted molar refractivity (Wildman–Crippen MR) is 75.6 cm³/mol. The van der Waals surface area contributed by atoms with Crippen LogP contribution in [0, 0.1) is 5.92 Å². The van der Waals surface area contributed by atoms with Crippen LogP contribution in [0.25, 0.3) is 0 Å². The van der Waals surface area contributed by atoms with Crippen LogP contribution >= 0.6 is 0 Å². The van der Waals surface area contributed by atoms with Gasteiger partial charge in [0.15, 0.2) is 9.84 Å². The normalized spacial score (nSPS) is 14.7. The van der Waals surface area contributed by atoms with Crippen LogP contribution in [-0.2, 0) is 14.6 Å². The van der Waals surface area contributed by atoms with Gasteiger partial charge in [-0.3, -0.25) is 4.79 Å². The molecule has 0 aliphatic heterocycles. The molecule has 1 unspecified atom stereocenters. The van der Waals surface area contributed by atoms with E-state index in [4.69, 9.17) is 5.73 Å². The highest BCUT2D eigenvalue weighted by atomic mass is 32.2. The van der Waals surface area contributed by atoms with Crippen molar-refractivity contribution in [2.24, 2.45) is 11.7 Å². The van der Waals surface area contributed by atoms with E-state index in [1.165, 1.54) is 12.1 Å². The first-order valence-corrected chi connectivity index (χ1v) is 8.01. The van der Waals surface area contributed by atoms with Crippen molar-refractivity contribution < 1.29 is 13.2 Å². The third-order valence-corrected chi connectivity index (χ3v) is 4.20. The molecule has 1 rings (SSSR count). The highest BCUT2D eigenvalue weighted by Crippen LogP contribution is 2.16. The summed E-state index contributed by atoms with van der Waals surface area (Å²) in [6.45, 7) is 3.86. The topological polar surface area (TPSA) is 89.3 Å². The summed E-state index contributed by atoms with van der Waals surface area (Å²) >= 11 is 0. The lowest BCUT2D eigenvalue weighted by Crippen LogP contribution is -2.40. The zero-order valence-electron chi connectivity index (χ0n) is 11.4. The molecule has 0 radical (unpaired) electrons. The van der Waals surface area contributed by atoms with E-state index in [1.807, 2.05) is 13.8 Å². The van der Waals surface area contributed by atoms with Gasteiger partial charge in [-0.05, 0) is 24.1 Å². The van der Waals surface area contributed by atoms with Crippen LogP contribution < -0.4 is 11.1 Å². The molecule has 0 fully saturated rings. The van der Waals surface area contributed by atoms with Gasteiger partial charge in [-0.15, -0.1) is 0 Å². The molecule has 3 N–H and O–H groups in total. The predicted octanol–water partition coefficient (Wildman–Crippen LogP) is 1.40. The fourth-order valence-electron chi connectivity index (χ4n) is 1.54. The second-order valence-corrected chi connectivity index (χ2v) is 6.72. The monoisotopic (exact) mass is 284 g/mol. The lowest BCUT2D eigenvalue weighted by molar-refractivity contribution is -0.118. The van der Waals surface area contributed by atoms with Gasteiger partial charge in [0.1, 0.15) is 0 Å². The van der Waals surface area contributed by atoms with Crippen molar-refractivity contribution in [3.8, 4) is 0 Å². The van der Waals surface area contributed by atoms with Crippen LogP contribution in [0.2, 0.25) is 0 Å². The summed E-state index contributed by atoms with van der Waals surface area (Å²) in [6, 6.07) is 5.53. The minimum atomic E-state index is -3.28. The quantitative estimate of drug-likeness (QED) is 0.855. The Labute approximate surface area is 114 Å². The molecule has 5 nitrogen and oxygen atoms in total. The third kappa shape index (κ3) is 4.33. The maximum absolute atomic E-state index is 11.9. The second kappa shape index (κ2) is 6.16. The molecule has 0 saturated carbocycles. The first-order chi connectivity index (χ1) is 8.75. The molecule has 0 bridgehead atoms. The van der Waals surface area contributed by atoms with Crippen LogP contribution in [0.1, 0.15) is 20.3 Å². The van der Waals surface area contributed by atoms with E-state index in [9.17, 15) is 13.2 Å². The fraction of sp³-hybridized carbons (Fsp3) is 0.462. The van der Waals surface area contributed by atoms with Crippen molar-refractivity contribution in [3.63, 3.8) is 0 Å². The van der Waals surface area contributed by atoms with E-state index < -0.39 is 15.9 Å². The number of hydrogen-bond donors (Lipinski definition) is 2. The fourth-order valence-corrected chi connectivity index (χ4v) is 2.21. The molecule has 106 valence electrons. The van der Waals surface area contributed by atoms with E-state index >= 15 is 0 Å². The molecule has 0 aliphatic rings. The number of amides is 1. The average molecular weight is 284 g/mol. The van der Waals surface area contributed by atoms with E-state index in [2.05, 4.69) is 5.32 Å². The molecule has 2 atom stereocenters. The van der Waals surface area contributed by atoms with E-state index in [0.717, 1.165) is 12.7 Å². The number of nitrogens with one attached hydrogen (secondary N) is 1. The zero-order chi connectivity index (χ0) is 14.6. The molecule has 1 aromatic carbocycles. The van der Waals surface area contributed by atoms with Crippen molar-refractivity contribution in [1.82, 2.24) is 0 Å². The summed E-state index contributed by atoms with van der Waals surface area (Å²) in [5, 5.41) is 2.64. The Morgan fingerprint density at radius 2 is 2.05 bits per heavy atom. The number of hydrogen-bond acceptors (Lipinski definition) is 4. The van der Waals surface area contributed by atoms with Gasteiger partial charge in [0, 0.05) is 11.9 Å². The lowest BCUT2D eigenvalue weighted by Gasteiger charge is -2.17. The largest absolute Gasteiger partial charge is 0.325 e. The van der Waals surface area contributed by atoms with E-state index in [0.29, 0.717) is 5.69 Å². The molecule has 0 spiro atoms. The Morgan fingerprint density at radius 1 is 1.42 bits per heavy atom. The van der Waals surface area contributed by atoms with Crippen LogP contribution in [0.4, 0.5) is 5.69 Å². The van der Waals surface area contributed by atoms with Crippen molar-refractivity contribution in [1.29, 1.82) is 0 Å². The van der Waals surface area contributed by atoms with Gasteiger partial charge in [0.2, 0.25) is 5.91 Å². The highest BCUT2D eigenvalue weighted by Gasteiger charge is 2.19. The smallest absolute Gasteiger partial charge is 0.241 e. The molecule has 1 amide bonds. The van der Waals surface area contributed by atoms with Gasteiger partial charge in [-0.2, -0.15) is 0 Å². The molecule has 1 aromatic rings. The summed E-state index contributed by atoms with van der Waals surface area (Å²) in [6.07, 6.45) is 1.93. The van der Waals surface area contributed by atoms with Gasteiger partial charge in [-0.25, -0.2) is 8.42 Å². The maximum atomic E-state index is 11.9. The summed E-state index contributed by atoms with van der Waals surface area (Å²) in [4.78, 5) is 12.1. The summed E-state index contributed by atoms with van der Waals surface area (Å²) in [7, 11) is -3.28. The van der Waals surface area contributed by atoms with Crippen LogP contribution in [0.3, 0.4) is 0 Å². The van der Waals surface area contributed by atoms with Crippen molar-refractivity contribution in [3.05, 3.63) is 24.3 Å². The SMILES string of the molecule is CCC(C)[C@H](N)C(=O)Nc1cccc(S(C)(=O)=O)c1. The van der Waals surface area contributed by atoms with Crippen LogP contribution in [0.15, 0.2) is 29.2 Å². The van der Waals surface area contributed by atoms with Gasteiger partial charge in [-0.1, -0.05) is 26.3 Å². The van der Waals surface area contributed by atoms with Crippen molar-refractivity contribution >= 4 is 21.4 Å². The number of nitrogens with two attached hydrogens (primary N) is 1. The van der Waals surface area contributed by atoms with Gasteiger partial charge in [0.25, 0.3) is 0 Å². The Bertz CT molecular complexity index is 555. The standard InChI is InChI=1S/C13H20N2O3S/c1-4-9(2)12(14)13(16)15-10-6-5-7-11(8-10)19(3,17)18/h5-9,12H,4,14H2,1-3H3,(H,15,16)/t9?,12-/m0/s1. The second-order valence-electron chi connectivity index (χ2n) is 4.70. The highest BCUT2D eigenvalue weighted by molar-refractivity contribution is 7.90. The van der Waals surface area contributed by atoms with E-state index in [1.54, 1.807) is 12.1 Å². The number of rotatable bonds is 5. The first kappa shape index (κ1) is 15.7. The molecule has 0 heterocycles. The summed E-state index contributed by atoms with van der Waals surface area (Å²) in [5.41, 5.74) is 6.25. The average Bonchev–Trinajstić information content (AvgIpc) is 2.36. The molecule has 0 saturated heterocycles. The van der Waals surface area contributed by atoms with Gasteiger partial charge in [0.05, 0.1) is 10.9 Å². The molecular formula is C13H20N2O3S. The molecule has 19 heavy (non-hydrogen) atoms. The molecule has 0 aliphatic carbocycles. The number of sulfone groups is 1. The summed E-state index contributed by atoms with van der Waals surface area (Å²) in [5.74, 6) is -0.238. The first-order valence-electron chi connectivity index (χ1n) is 6.12. The van der Waals surface area contributed by atoms with Crippen LogP contribution in [-0.4, -0.2) is 26.6 Å². The Hall–Kier alpha value is -1.40. The lowest BCUT2D eigenvalue weighted by atomic mass is 9.99. The number of carbonyl (C=O) groups excluding carboxylic acids is 1. The van der Waals surface area contributed by atoms with Crippen molar-refractivity contribution in [2.75, 3.05) is 11.6 Å². The molecular weight excluding hydrogens is 264 g/mol. The molecule has 0 aromatic heterocycles. The Balaban J connectivity index is 2.86. The summed E-state index contributed by atoms with van der Waals surface area (Å²) < 4.78 is 22.8. The minimum Gasteiger partial charge on any atom is -0.325 e. The maximum Gasteiger partial charge on any atom is 0.241 e. The third-order valence-electron chi connectivity index (χ3n) is 3.09. The number of benzene rings is 1. The van der Waals surface area contributed by atoms with Crippen molar-refractivity contribution in [2.45, 2.75) is 31.2 Å². The number of anilines is 1. The Kier molecular flexibility index (Phi) is 5.08. The molecule has 6 heteroatoms. The number of carbonyl (C=O) groups is 1.